The maximum Gasteiger partial charge on any atom is 0.0589 e. The van der Waals surface area contributed by atoms with E-state index in [-0.39, 0.29) is 0 Å². The molecule has 2 atom stereocenters. The van der Waals surface area contributed by atoms with Crippen LogP contribution in [0.25, 0.3) is 0 Å². The summed E-state index contributed by atoms with van der Waals surface area (Å²) < 4.78 is 5.23. The molecule has 94 valence electrons. The molecule has 2 aliphatic rings. The van der Waals surface area contributed by atoms with Crippen molar-refractivity contribution in [2.75, 3.05) is 33.4 Å². The molecule has 3 heteroatoms. The van der Waals surface area contributed by atoms with Crippen molar-refractivity contribution < 1.29 is 4.74 Å². The lowest BCUT2D eigenvalue weighted by Crippen LogP contribution is -2.44. The molecule has 2 fully saturated rings. The highest BCUT2D eigenvalue weighted by Gasteiger charge is 2.32. The minimum absolute atomic E-state index is 0.720. The van der Waals surface area contributed by atoms with Crippen molar-refractivity contribution in [2.45, 2.75) is 44.7 Å². The molecular formula is C13H26N2O. The normalized spacial score (nSPS) is 27.6. The Hall–Kier alpha value is -0.120. The molecule has 0 aromatic carbocycles. The Morgan fingerprint density at radius 3 is 2.75 bits per heavy atom. The molecule has 0 bridgehead atoms. The molecule has 1 saturated heterocycles. The van der Waals surface area contributed by atoms with Gasteiger partial charge in [0.15, 0.2) is 0 Å². The van der Waals surface area contributed by atoms with Gasteiger partial charge in [0.1, 0.15) is 0 Å². The standard InChI is InChI=1S/C13H26N2O/c1-11(12-5-6-12)15(8-9-16-2)10-13-4-3-7-14-13/h11-14H,3-10H2,1-2H3/t11?,13-/m0/s1. The Kier molecular flexibility index (Phi) is 4.62. The van der Waals surface area contributed by atoms with Gasteiger partial charge >= 0.3 is 0 Å². The zero-order chi connectivity index (χ0) is 11.4. The summed E-state index contributed by atoms with van der Waals surface area (Å²) in [4.78, 5) is 2.63. The fourth-order valence-corrected chi connectivity index (χ4v) is 2.74. The van der Waals surface area contributed by atoms with Gasteiger partial charge in [-0.05, 0) is 45.1 Å². The zero-order valence-corrected chi connectivity index (χ0v) is 10.7. The average molecular weight is 226 g/mol. The second-order valence-electron chi connectivity index (χ2n) is 5.36. The smallest absolute Gasteiger partial charge is 0.0589 e. The molecule has 1 N–H and O–H groups in total. The van der Waals surface area contributed by atoms with Crippen LogP contribution in [0.4, 0.5) is 0 Å². The summed E-state index contributed by atoms with van der Waals surface area (Å²) >= 11 is 0. The molecule has 2 rings (SSSR count). The van der Waals surface area contributed by atoms with Crippen LogP contribution in [0.1, 0.15) is 32.6 Å². The first-order chi connectivity index (χ1) is 7.81. The van der Waals surface area contributed by atoms with E-state index in [0.29, 0.717) is 0 Å². The maximum atomic E-state index is 5.23. The highest BCUT2D eigenvalue weighted by Crippen LogP contribution is 2.35. The fourth-order valence-electron chi connectivity index (χ4n) is 2.74. The molecule has 3 nitrogen and oxygen atoms in total. The second-order valence-corrected chi connectivity index (χ2v) is 5.36. The number of nitrogens with one attached hydrogen (secondary N) is 1. The Labute approximate surface area is 99.5 Å². The van der Waals surface area contributed by atoms with Crippen LogP contribution < -0.4 is 5.32 Å². The minimum Gasteiger partial charge on any atom is -0.383 e. The van der Waals surface area contributed by atoms with Crippen LogP contribution in [0.5, 0.6) is 0 Å². The van der Waals surface area contributed by atoms with Crippen molar-refractivity contribution in [3.05, 3.63) is 0 Å². The number of hydrogen-bond donors (Lipinski definition) is 1. The van der Waals surface area contributed by atoms with E-state index < -0.39 is 0 Å². The molecule has 0 aromatic rings. The highest BCUT2D eigenvalue weighted by molar-refractivity contribution is 4.88. The van der Waals surface area contributed by atoms with Crippen molar-refractivity contribution in [1.82, 2.24) is 10.2 Å². The molecule has 1 aliphatic heterocycles. The van der Waals surface area contributed by atoms with E-state index in [1.165, 1.54) is 38.8 Å². The van der Waals surface area contributed by atoms with Gasteiger partial charge in [-0.2, -0.15) is 0 Å². The number of ether oxygens (including phenoxy) is 1. The summed E-state index contributed by atoms with van der Waals surface area (Å²) in [6.07, 6.45) is 5.56. The average Bonchev–Trinajstić information content (AvgIpc) is 3.02. The third-order valence-corrected chi connectivity index (χ3v) is 4.08. The lowest BCUT2D eigenvalue weighted by molar-refractivity contribution is 0.110. The van der Waals surface area contributed by atoms with E-state index in [1.807, 2.05) is 0 Å². The number of hydrogen-bond acceptors (Lipinski definition) is 3. The van der Waals surface area contributed by atoms with Crippen LogP contribution in [0.2, 0.25) is 0 Å². The third-order valence-electron chi connectivity index (χ3n) is 4.08. The van der Waals surface area contributed by atoms with Gasteiger partial charge in [-0.25, -0.2) is 0 Å². The molecular weight excluding hydrogens is 200 g/mol. The monoisotopic (exact) mass is 226 g/mol. The quantitative estimate of drug-likeness (QED) is 0.712. The van der Waals surface area contributed by atoms with Crippen LogP contribution in [0.3, 0.4) is 0 Å². The van der Waals surface area contributed by atoms with E-state index in [0.717, 1.165) is 31.2 Å². The van der Waals surface area contributed by atoms with Gasteiger partial charge in [0.2, 0.25) is 0 Å². The van der Waals surface area contributed by atoms with Gasteiger partial charge in [0.25, 0.3) is 0 Å². The summed E-state index contributed by atoms with van der Waals surface area (Å²) in [6.45, 7) is 6.76. The number of nitrogens with zero attached hydrogens (tertiary/aromatic N) is 1. The fraction of sp³-hybridized carbons (Fsp3) is 1.00. The van der Waals surface area contributed by atoms with E-state index >= 15 is 0 Å². The number of methoxy groups -OCH3 is 1. The Morgan fingerprint density at radius 1 is 1.38 bits per heavy atom. The van der Waals surface area contributed by atoms with E-state index in [4.69, 9.17) is 4.74 Å². The molecule has 0 radical (unpaired) electrons. The predicted molar refractivity (Wildman–Crippen MR) is 66.7 cm³/mol. The van der Waals surface area contributed by atoms with Crippen molar-refractivity contribution in [3.8, 4) is 0 Å². The summed E-state index contributed by atoms with van der Waals surface area (Å²) in [5.74, 6) is 0.957. The van der Waals surface area contributed by atoms with E-state index in [9.17, 15) is 0 Å². The zero-order valence-electron chi connectivity index (χ0n) is 10.7. The van der Waals surface area contributed by atoms with Gasteiger partial charge in [0.05, 0.1) is 6.61 Å². The summed E-state index contributed by atoms with van der Waals surface area (Å²) in [5, 5.41) is 3.60. The summed E-state index contributed by atoms with van der Waals surface area (Å²) in [6, 6.07) is 1.47. The lowest BCUT2D eigenvalue weighted by Gasteiger charge is -2.31. The van der Waals surface area contributed by atoms with Gasteiger partial charge in [-0.3, -0.25) is 4.90 Å². The molecule has 16 heavy (non-hydrogen) atoms. The van der Waals surface area contributed by atoms with Crippen LogP contribution in [0, 0.1) is 5.92 Å². The van der Waals surface area contributed by atoms with Crippen molar-refractivity contribution in [1.29, 1.82) is 0 Å². The second kappa shape index (κ2) is 5.99. The molecule has 0 amide bonds. The molecule has 1 unspecified atom stereocenters. The largest absolute Gasteiger partial charge is 0.383 e. The van der Waals surface area contributed by atoms with Gasteiger partial charge in [-0.1, -0.05) is 0 Å². The summed E-state index contributed by atoms with van der Waals surface area (Å²) in [5.41, 5.74) is 0. The lowest BCUT2D eigenvalue weighted by atomic mass is 10.1. The first-order valence-corrected chi connectivity index (χ1v) is 6.77. The SMILES string of the molecule is COCCN(C[C@@H]1CCCN1)C(C)C1CC1. The van der Waals surface area contributed by atoms with Crippen LogP contribution in [-0.4, -0.2) is 50.3 Å². The third kappa shape index (κ3) is 3.44. The summed E-state index contributed by atoms with van der Waals surface area (Å²) in [7, 11) is 1.80. The van der Waals surface area contributed by atoms with Gasteiger partial charge in [0, 0.05) is 32.3 Å². The van der Waals surface area contributed by atoms with Crippen molar-refractivity contribution in [3.63, 3.8) is 0 Å². The Morgan fingerprint density at radius 2 is 2.19 bits per heavy atom. The van der Waals surface area contributed by atoms with E-state index in [1.54, 1.807) is 7.11 Å². The van der Waals surface area contributed by atoms with Crippen LogP contribution in [0.15, 0.2) is 0 Å². The molecule has 0 aromatic heterocycles. The highest BCUT2D eigenvalue weighted by atomic mass is 16.5. The Balaban J connectivity index is 1.79. The van der Waals surface area contributed by atoms with Gasteiger partial charge in [-0.15, -0.1) is 0 Å². The first kappa shape index (κ1) is 12.3. The van der Waals surface area contributed by atoms with Gasteiger partial charge < -0.3 is 10.1 Å². The van der Waals surface area contributed by atoms with Crippen LogP contribution in [-0.2, 0) is 4.74 Å². The van der Waals surface area contributed by atoms with Crippen LogP contribution >= 0.6 is 0 Å². The minimum atomic E-state index is 0.720. The molecule has 1 heterocycles. The number of rotatable bonds is 7. The molecule has 1 saturated carbocycles. The maximum absolute atomic E-state index is 5.23. The first-order valence-electron chi connectivity index (χ1n) is 6.77. The Bertz CT molecular complexity index is 200. The van der Waals surface area contributed by atoms with E-state index in [2.05, 4.69) is 17.1 Å². The topological polar surface area (TPSA) is 24.5 Å². The van der Waals surface area contributed by atoms with Crippen molar-refractivity contribution >= 4 is 0 Å². The van der Waals surface area contributed by atoms with Crippen molar-refractivity contribution in [2.24, 2.45) is 5.92 Å². The molecule has 0 spiro atoms. The predicted octanol–water partition coefficient (Wildman–Crippen LogP) is 1.49. The molecule has 1 aliphatic carbocycles.